The Balaban J connectivity index is 1.79. The molecule has 1 aliphatic heterocycles. The van der Waals surface area contributed by atoms with E-state index >= 15 is 0 Å². The van der Waals surface area contributed by atoms with Crippen LogP contribution in [0.1, 0.15) is 32.6 Å². The molecule has 1 aliphatic rings. The number of ether oxygens (including phenoxy) is 2. The molecular formula is C19H30N2O3. The first kappa shape index (κ1) is 18.6. The van der Waals surface area contributed by atoms with Crippen molar-refractivity contribution in [3.8, 4) is 11.5 Å². The molecule has 5 nitrogen and oxygen atoms in total. The number of nitrogens with one attached hydrogen (secondary N) is 1. The lowest BCUT2D eigenvalue weighted by molar-refractivity contribution is -0.128. The number of hydrogen-bond acceptors (Lipinski definition) is 4. The highest BCUT2D eigenvalue weighted by Crippen LogP contribution is 2.27. The number of likely N-dealkylation sites (tertiary alicyclic amines) is 1. The number of piperidine rings is 1. The monoisotopic (exact) mass is 334 g/mol. The minimum Gasteiger partial charge on any atom is -0.493 e. The van der Waals surface area contributed by atoms with Gasteiger partial charge in [-0.15, -0.1) is 0 Å². The molecule has 1 saturated heterocycles. The van der Waals surface area contributed by atoms with Crippen LogP contribution in [0.3, 0.4) is 0 Å². The molecule has 134 valence electrons. The molecule has 1 aromatic rings. The van der Waals surface area contributed by atoms with E-state index in [1.165, 1.54) is 12.8 Å². The molecule has 0 radical (unpaired) electrons. The maximum atomic E-state index is 12.4. The molecule has 1 aromatic carbocycles. The number of hydrogen-bond donors (Lipinski definition) is 1. The molecular weight excluding hydrogens is 304 g/mol. The Morgan fingerprint density at radius 3 is 2.58 bits per heavy atom. The van der Waals surface area contributed by atoms with Crippen LogP contribution in [0.5, 0.6) is 11.5 Å². The van der Waals surface area contributed by atoms with Gasteiger partial charge in [0.05, 0.1) is 7.11 Å². The predicted molar refractivity (Wildman–Crippen MR) is 95.5 cm³/mol. The third-order valence-electron chi connectivity index (χ3n) is 4.69. The fourth-order valence-electron chi connectivity index (χ4n) is 3.06. The summed E-state index contributed by atoms with van der Waals surface area (Å²) in [7, 11) is 3.77. The van der Waals surface area contributed by atoms with Crippen molar-refractivity contribution in [1.29, 1.82) is 0 Å². The quantitative estimate of drug-likeness (QED) is 0.794. The van der Waals surface area contributed by atoms with E-state index in [0.29, 0.717) is 17.9 Å². The number of carbonyl (C=O) groups is 1. The lowest BCUT2D eigenvalue weighted by atomic mass is 9.94. The third-order valence-corrected chi connectivity index (χ3v) is 4.69. The Kier molecular flexibility index (Phi) is 7.37. The number of rotatable bonds is 8. The van der Waals surface area contributed by atoms with Gasteiger partial charge >= 0.3 is 0 Å². The zero-order valence-corrected chi connectivity index (χ0v) is 15.1. The summed E-state index contributed by atoms with van der Waals surface area (Å²) in [5.41, 5.74) is 0. The number of amides is 1. The van der Waals surface area contributed by atoms with E-state index in [4.69, 9.17) is 9.47 Å². The van der Waals surface area contributed by atoms with Crippen molar-refractivity contribution in [2.75, 3.05) is 33.8 Å². The lowest BCUT2D eigenvalue weighted by Gasteiger charge is -2.29. The third kappa shape index (κ3) is 5.41. The Morgan fingerprint density at radius 1 is 1.29 bits per heavy atom. The van der Waals surface area contributed by atoms with Crippen molar-refractivity contribution in [2.24, 2.45) is 5.92 Å². The van der Waals surface area contributed by atoms with Gasteiger partial charge < -0.3 is 19.7 Å². The highest BCUT2D eigenvalue weighted by molar-refractivity contribution is 5.81. The molecule has 0 bridgehead atoms. The van der Waals surface area contributed by atoms with E-state index in [2.05, 4.69) is 17.3 Å². The first-order valence-electron chi connectivity index (χ1n) is 8.90. The summed E-state index contributed by atoms with van der Waals surface area (Å²) in [5.74, 6) is 1.93. The first-order valence-corrected chi connectivity index (χ1v) is 8.90. The summed E-state index contributed by atoms with van der Waals surface area (Å²) in [6, 6.07) is 7.42. The van der Waals surface area contributed by atoms with Gasteiger partial charge in [0.25, 0.3) is 5.91 Å². The fourth-order valence-corrected chi connectivity index (χ4v) is 3.06. The van der Waals surface area contributed by atoms with E-state index in [1.54, 1.807) is 7.11 Å². The Bertz CT molecular complexity index is 513. The molecule has 24 heavy (non-hydrogen) atoms. The summed E-state index contributed by atoms with van der Waals surface area (Å²) < 4.78 is 11.1. The number of para-hydroxylation sites is 2. The lowest BCUT2D eigenvalue weighted by Crippen LogP contribution is -2.39. The smallest absolute Gasteiger partial charge is 0.261 e. The Hall–Kier alpha value is -1.75. The number of nitrogens with zero attached hydrogens (tertiary/aromatic N) is 1. The minimum absolute atomic E-state index is 0.0451. The van der Waals surface area contributed by atoms with Crippen LogP contribution in [0.15, 0.2) is 24.3 Å². The molecule has 2 rings (SSSR count). The Labute approximate surface area is 145 Å². The van der Waals surface area contributed by atoms with Crippen LogP contribution >= 0.6 is 0 Å². The topological polar surface area (TPSA) is 50.8 Å². The summed E-state index contributed by atoms with van der Waals surface area (Å²) in [4.78, 5) is 14.8. The van der Waals surface area contributed by atoms with Crippen molar-refractivity contribution < 1.29 is 14.3 Å². The summed E-state index contributed by atoms with van der Waals surface area (Å²) in [6.07, 6.45) is 3.63. The number of carbonyl (C=O) groups excluding carboxylic acids is 1. The largest absolute Gasteiger partial charge is 0.493 e. The molecule has 5 heteroatoms. The van der Waals surface area contributed by atoms with E-state index in [9.17, 15) is 4.79 Å². The molecule has 0 spiro atoms. The highest BCUT2D eigenvalue weighted by Gasteiger charge is 2.21. The van der Waals surface area contributed by atoms with Crippen molar-refractivity contribution in [3.05, 3.63) is 24.3 Å². The van der Waals surface area contributed by atoms with Gasteiger partial charge in [0.15, 0.2) is 17.6 Å². The molecule has 0 aromatic heterocycles. The SMILES string of the molecule is CC[C@H](Oc1ccccc1OC)C(=O)NCCC1CCN(C)CC1. The average Bonchev–Trinajstić information content (AvgIpc) is 2.61. The van der Waals surface area contributed by atoms with Crippen LogP contribution in [0, 0.1) is 5.92 Å². The molecule has 1 fully saturated rings. The highest BCUT2D eigenvalue weighted by atomic mass is 16.5. The normalized spacial score (nSPS) is 17.3. The zero-order valence-electron chi connectivity index (χ0n) is 15.1. The van der Waals surface area contributed by atoms with E-state index < -0.39 is 6.10 Å². The summed E-state index contributed by atoms with van der Waals surface area (Å²) in [6.45, 7) is 5.00. The van der Waals surface area contributed by atoms with Gasteiger partial charge in [0.1, 0.15) is 0 Å². The van der Waals surface area contributed by atoms with Gasteiger partial charge in [-0.25, -0.2) is 0 Å². The van der Waals surface area contributed by atoms with Crippen LogP contribution in [-0.2, 0) is 4.79 Å². The summed E-state index contributed by atoms with van der Waals surface area (Å²) >= 11 is 0. The van der Waals surface area contributed by atoms with Crippen molar-refractivity contribution in [3.63, 3.8) is 0 Å². The van der Waals surface area contributed by atoms with Crippen molar-refractivity contribution in [1.82, 2.24) is 10.2 Å². The van der Waals surface area contributed by atoms with Gasteiger partial charge in [-0.2, -0.15) is 0 Å². The molecule has 0 aliphatic carbocycles. The second-order valence-electron chi connectivity index (χ2n) is 6.49. The second kappa shape index (κ2) is 9.52. The van der Waals surface area contributed by atoms with E-state index in [0.717, 1.165) is 32.0 Å². The molecule has 0 unspecified atom stereocenters. The van der Waals surface area contributed by atoms with E-state index in [1.807, 2.05) is 31.2 Å². The molecule has 1 heterocycles. The Morgan fingerprint density at radius 2 is 1.96 bits per heavy atom. The number of benzene rings is 1. The van der Waals surface area contributed by atoms with Crippen LogP contribution in [0.25, 0.3) is 0 Å². The van der Waals surface area contributed by atoms with Crippen molar-refractivity contribution >= 4 is 5.91 Å². The molecule has 1 amide bonds. The fraction of sp³-hybridized carbons (Fsp3) is 0.632. The summed E-state index contributed by atoms with van der Waals surface area (Å²) in [5, 5.41) is 3.03. The van der Waals surface area contributed by atoms with Crippen LogP contribution in [0.4, 0.5) is 0 Å². The van der Waals surface area contributed by atoms with Crippen LogP contribution < -0.4 is 14.8 Å². The maximum Gasteiger partial charge on any atom is 0.261 e. The van der Waals surface area contributed by atoms with Gasteiger partial charge in [-0.1, -0.05) is 19.1 Å². The molecule has 1 atom stereocenters. The van der Waals surface area contributed by atoms with Crippen LogP contribution in [-0.4, -0.2) is 50.7 Å². The molecule has 1 N–H and O–H groups in total. The van der Waals surface area contributed by atoms with Gasteiger partial charge in [0.2, 0.25) is 0 Å². The van der Waals surface area contributed by atoms with Crippen LogP contribution in [0.2, 0.25) is 0 Å². The second-order valence-corrected chi connectivity index (χ2v) is 6.49. The van der Waals surface area contributed by atoms with Crippen molar-refractivity contribution in [2.45, 2.75) is 38.7 Å². The van der Waals surface area contributed by atoms with E-state index in [-0.39, 0.29) is 5.91 Å². The van der Waals surface area contributed by atoms with Gasteiger partial charge in [-0.05, 0) is 63.9 Å². The number of methoxy groups -OCH3 is 1. The zero-order chi connectivity index (χ0) is 17.4. The van der Waals surface area contributed by atoms with Gasteiger partial charge in [0, 0.05) is 6.54 Å². The van der Waals surface area contributed by atoms with Gasteiger partial charge in [-0.3, -0.25) is 4.79 Å². The standard InChI is InChI=1S/C19H30N2O3/c1-4-16(24-18-8-6-5-7-17(18)23-3)19(22)20-12-9-15-10-13-21(2)14-11-15/h5-8,15-16H,4,9-14H2,1-3H3,(H,20,22)/t16-/m0/s1. The maximum absolute atomic E-state index is 12.4. The average molecular weight is 334 g/mol. The minimum atomic E-state index is -0.487. The molecule has 0 saturated carbocycles. The predicted octanol–water partition coefficient (Wildman–Crippen LogP) is 2.70. The first-order chi connectivity index (χ1) is 11.6.